The monoisotopic (exact) mass is 246 g/mol. The maximum Gasteiger partial charge on any atom is 0.168 e. The summed E-state index contributed by atoms with van der Waals surface area (Å²) in [4.78, 5) is 10.9. The summed E-state index contributed by atoms with van der Waals surface area (Å²) in [6.45, 7) is 1.38. The van der Waals surface area contributed by atoms with Gasteiger partial charge >= 0.3 is 0 Å². The molecule has 0 fully saturated rings. The van der Waals surface area contributed by atoms with E-state index in [1.165, 1.54) is 20.1 Å². The molecule has 0 spiro atoms. The first-order valence-electron chi connectivity index (χ1n) is 3.60. The smallest absolute Gasteiger partial charge is 0.168 e. The first-order chi connectivity index (χ1) is 6.06. The number of ketones is 1. The first kappa shape index (κ1) is 10.2. The second-order valence-electron chi connectivity index (χ2n) is 2.53. The number of ether oxygens (including phenoxy) is 1. The Morgan fingerprint density at radius 1 is 1.54 bits per heavy atom. The molecular weight excluding hydrogens is 239 g/mol. The van der Waals surface area contributed by atoms with Crippen molar-refractivity contribution >= 4 is 21.7 Å². The molecule has 4 heteroatoms. The Morgan fingerprint density at radius 3 is 2.54 bits per heavy atom. The molecule has 0 amide bonds. The van der Waals surface area contributed by atoms with Crippen LogP contribution >= 0.6 is 15.9 Å². The summed E-state index contributed by atoms with van der Waals surface area (Å²) in [5, 5.41) is 0. The highest BCUT2D eigenvalue weighted by atomic mass is 79.9. The number of hydrogen-bond donors (Lipinski definition) is 0. The Morgan fingerprint density at radius 2 is 2.15 bits per heavy atom. The van der Waals surface area contributed by atoms with Gasteiger partial charge in [0.15, 0.2) is 17.3 Å². The zero-order valence-corrected chi connectivity index (χ0v) is 8.81. The zero-order valence-electron chi connectivity index (χ0n) is 7.23. The fraction of sp³-hybridized carbons (Fsp3) is 0.222. The van der Waals surface area contributed by atoms with Crippen LogP contribution < -0.4 is 4.74 Å². The number of carbonyl (C=O) groups is 1. The Balaban J connectivity index is 3.28. The van der Waals surface area contributed by atoms with Crippen LogP contribution in [0.25, 0.3) is 0 Å². The van der Waals surface area contributed by atoms with Crippen molar-refractivity contribution < 1.29 is 13.9 Å². The molecule has 1 rings (SSSR count). The molecule has 70 valence electrons. The summed E-state index contributed by atoms with van der Waals surface area (Å²) in [6.07, 6.45) is 0. The van der Waals surface area contributed by atoms with E-state index in [0.717, 1.165) is 6.07 Å². The van der Waals surface area contributed by atoms with Crippen molar-refractivity contribution in [2.24, 2.45) is 0 Å². The summed E-state index contributed by atoms with van der Waals surface area (Å²) >= 11 is 3.11. The maximum absolute atomic E-state index is 13.2. The van der Waals surface area contributed by atoms with Crippen LogP contribution in [0.4, 0.5) is 4.39 Å². The molecule has 0 saturated heterocycles. The number of hydrogen-bond acceptors (Lipinski definition) is 2. The molecule has 0 unspecified atom stereocenters. The van der Waals surface area contributed by atoms with E-state index in [2.05, 4.69) is 15.9 Å². The molecule has 0 heterocycles. The third-order valence-corrected chi connectivity index (χ3v) is 2.20. The van der Waals surface area contributed by atoms with Gasteiger partial charge in [-0.2, -0.15) is 0 Å². The Bertz CT molecular complexity index is 326. The molecule has 0 aromatic heterocycles. The largest absolute Gasteiger partial charge is 0.492 e. The molecule has 0 N–H and O–H groups in total. The normalized spacial score (nSPS) is 9.85. The lowest BCUT2D eigenvalue weighted by molar-refractivity contribution is 0.101. The van der Waals surface area contributed by atoms with Gasteiger partial charge in [-0.05, 0) is 35.0 Å². The van der Waals surface area contributed by atoms with Crippen LogP contribution in [-0.2, 0) is 0 Å². The van der Waals surface area contributed by atoms with Gasteiger partial charge in [-0.3, -0.25) is 4.79 Å². The second kappa shape index (κ2) is 3.87. The predicted molar refractivity (Wildman–Crippen MR) is 50.7 cm³/mol. The van der Waals surface area contributed by atoms with E-state index in [0.29, 0.717) is 10.0 Å². The van der Waals surface area contributed by atoms with Crippen molar-refractivity contribution in [1.29, 1.82) is 0 Å². The highest BCUT2D eigenvalue weighted by Crippen LogP contribution is 2.29. The van der Waals surface area contributed by atoms with Crippen molar-refractivity contribution in [2.75, 3.05) is 7.11 Å². The number of halogens is 2. The lowest BCUT2D eigenvalue weighted by Gasteiger charge is -2.05. The van der Waals surface area contributed by atoms with Crippen LogP contribution in [0.3, 0.4) is 0 Å². The first-order valence-corrected chi connectivity index (χ1v) is 4.39. The topological polar surface area (TPSA) is 26.3 Å². The van der Waals surface area contributed by atoms with Gasteiger partial charge in [-0.25, -0.2) is 4.39 Å². The molecular formula is C9H8BrFO2. The second-order valence-corrected chi connectivity index (χ2v) is 3.38. The molecule has 0 aliphatic heterocycles. The van der Waals surface area contributed by atoms with Gasteiger partial charge in [-0.15, -0.1) is 0 Å². The number of carbonyl (C=O) groups excluding carboxylic acids is 1. The molecule has 0 radical (unpaired) electrons. The van der Waals surface area contributed by atoms with E-state index in [1.807, 2.05) is 0 Å². The molecule has 2 nitrogen and oxygen atoms in total. The SMILES string of the molecule is COc1c(F)cc(C(C)=O)cc1Br. The minimum Gasteiger partial charge on any atom is -0.492 e. The number of benzene rings is 1. The van der Waals surface area contributed by atoms with Crippen LogP contribution in [0.1, 0.15) is 17.3 Å². The third kappa shape index (κ3) is 2.06. The third-order valence-electron chi connectivity index (χ3n) is 1.61. The quantitative estimate of drug-likeness (QED) is 0.751. The molecule has 1 aromatic rings. The maximum atomic E-state index is 13.2. The van der Waals surface area contributed by atoms with Gasteiger partial charge in [0.25, 0.3) is 0 Å². The fourth-order valence-electron chi connectivity index (χ4n) is 0.958. The van der Waals surface area contributed by atoms with Gasteiger partial charge < -0.3 is 4.74 Å². The Hall–Kier alpha value is -0.900. The number of methoxy groups -OCH3 is 1. The highest BCUT2D eigenvalue weighted by molar-refractivity contribution is 9.10. The summed E-state index contributed by atoms with van der Waals surface area (Å²) in [6, 6.07) is 2.69. The van der Waals surface area contributed by atoms with Crippen molar-refractivity contribution in [1.82, 2.24) is 0 Å². The van der Waals surface area contributed by atoms with Crippen LogP contribution in [-0.4, -0.2) is 12.9 Å². The number of rotatable bonds is 2. The Kier molecular flexibility index (Phi) is 3.03. The Labute approximate surface area is 83.8 Å². The van der Waals surface area contributed by atoms with E-state index < -0.39 is 5.82 Å². The molecule has 0 bridgehead atoms. The van der Waals surface area contributed by atoms with Gasteiger partial charge in [0.2, 0.25) is 0 Å². The lowest BCUT2D eigenvalue weighted by Crippen LogP contribution is -1.96. The average Bonchev–Trinajstić information content (AvgIpc) is 2.03. The van der Waals surface area contributed by atoms with E-state index >= 15 is 0 Å². The van der Waals surface area contributed by atoms with Gasteiger partial charge in [0, 0.05) is 5.56 Å². The van der Waals surface area contributed by atoms with Gasteiger partial charge in [-0.1, -0.05) is 0 Å². The van der Waals surface area contributed by atoms with Crippen LogP contribution in [0.5, 0.6) is 5.75 Å². The van der Waals surface area contributed by atoms with Crippen molar-refractivity contribution in [3.8, 4) is 5.75 Å². The molecule has 1 aromatic carbocycles. The van der Waals surface area contributed by atoms with E-state index in [9.17, 15) is 9.18 Å². The summed E-state index contributed by atoms with van der Waals surface area (Å²) in [7, 11) is 1.37. The van der Waals surface area contributed by atoms with Crippen molar-refractivity contribution in [2.45, 2.75) is 6.92 Å². The van der Waals surface area contributed by atoms with Crippen LogP contribution in [0, 0.1) is 5.82 Å². The molecule has 0 atom stereocenters. The number of Topliss-reactive ketones (excluding diaryl/α,β-unsaturated/α-hetero) is 1. The highest BCUT2D eigenvalue weighted by Gasteiger charge is 2.11. The summed E-state index contributed by atoms with van der Waals surface area (Å²) in [5.41, 5.74) is 0.324. The summed E-state index contributed by atoms with van der Waals surface area (Å²) in [5.74, 6) is -0.602. The van der Waals surface area contributed by atoms with E-state index in [4.69, 9.17) is 4.74 Å². The fourth-order valence-corrected chi connectivity index (χ4v) is 1.56. The predicted octanol–water partition coefficient (Wildman–Crippen LogP) is 2.80. The van der Waals surface area contributed by atoms with Crippen molar-refractivity contribution in [3.05, 3.63) is 28.0 Å². The summed E-state index contributed by atoms with van der Waals surface area (Å²) < 4.78 is 18.4. The van der Waals surface area contributed by atoms with E-state index in [1.54, 1.807) is 0 Å². The van der Waals surface area contributed by atoms with Gasteiger partial charge in [0.1, 0.15) is 0 Å². The van der Waals surface area contributed by atoms with Crippen LogP contribution in [0.15, 0.2) is 16.6 Å². The van der Waals surface area contributed by atoms with Crippen molar-refractivity contribution in [3.63, 3.8) is 0 Å². The molecule has 0 aliphatic carbocycles. The van der Waals surface area contributed by atoms with Gasteiger partial charge in [0.05, 0.1) is 11.6 Å². The minimum atomic E-state index is -0.540. The molecule has 0 saturated carbocycles. The standard InChI is InChI=1S/C9H8BrFO2/c1-5(12)6-3-7(10)9(13-2)8(11)4-6/h3-4H,1-2H3. The molecule has 0 aliphatic rings. The minimum absolute atomic E-state index is 0.116. The zero-order chi connectivity index (χ0) is 10.0. The average molecular weight is 247 g/mol. The molecule has 13 heavy (non-hydrogen) atoms. The lowest BCUT2D eigenvalue weighted by atomic mass is 10.1. The van der Waals surface area contributed by atoms with Crippen LogP contribution in [0.2, 0.25) is 0 Å². The van der Waals surface area contributed by atoms with E-state index in [-0.39, 0.29) is 11.5 Å².